The fourth-order valence-electron chi connectivity index (χ4n) is 2.92. The summed E-state index contributed by atoms with van der Waals surface area (Å²) in [6, 6.07) is 5.31. The molecule has 4 heteroatoms. The topological polar surface area (TPSA) is 24.5 Å². The molecule has 1 aromatic carbocycles. The molecule has 1 aromatic rings. The van der Waals surface area contributed by atoms with Gasteiger partial charge in [0, 0.05) is 12.6 Å². The molecule has 1 saturated heterocycles. The van der Waals surface area contributed by atoms with Gasteiger partial charge >= 0.3 is 0 Å². The molecule has 3 nitrogen and oxygen atoms in total. The molecule has 2 rings (SSSR count). The third-order valence-electron chi connectivity index (χ3n) is 4.22. The zero-order valence-corrected chi connectivity index (χ0v) is 13.4. The molecular formula is C17H27FN2O. The van der Waals surface area contributed by atoms with E-state index in [9.17, 15) is 4.39 Å². The van der Waals surface area contributed by atoms with Gasteiger partial charge in [-0.2, -0.15) is 0 Å². The predicted molar refractivity (Wildman–Crippen MR) is 84.2 cm³/mol. The number of likely N-dealkylation sites (tertiary alicyclic amines) is 1. The van der Waals surface area contributed by atoms with E-state index >= 15 is 0 Å². The molecule has 2 atom stereocenters. The van der Waals surface area contributed by atoms with E-state index in [0.717, 1.165) is 18.7 Å². The van der Waals surface area contributed by atoms with Crippen LogP contribution in [0.25, 0.3) is 0 Å². The molecule has 0 saturated carbocycles. The summed E-state index contributed by atoms with van der Waals surface area (Å²) in [5.41, 5.74) is 0.960. The van der Waals surface area contributed by atoms with Gasteiger partial charge in [-0.25, -0.2) is 4.39 Å². The van der Waals surface area contributed by atoms with Gasteiger partial charge in [0.1, 0.15) is 0 Å². The summed E-state index contributed by atoms with van der Waals surface area (Å²) in [6.45, 7) is 8.92. The van der Waals surface area contributed by atoms with Crippen LogP contribution in [0.15, 0.2) is 18.2 Å². The van der Waals surface area contributed by atoms with Crippen LogP contribution in [0.1, 0.15) is 38.3 Å². The molecule has 1 fully saturated rings. The van der Waals surface area contributed by atoms with Gasteiger partial charge in [-0.05, 0) is 63.0 Å². The summed E-state index contributed by atoms with van der Waals surface area (Å²) in [4.78, 5) is 2.53. The summed E-state index contributed by atoms with van der Waals surface area (Å²) in [7, 11) is 1.49. The molecule has 0 aromatic heterocycles. The Morgan fingerprint density at radius 1 is 1.29 bits per heavy atom. The van der Waals surface area contributed by atoms with Crippen LogP contribution in [0.4, 0.5) is 4.39 Å². The van der Waals surface area contributed by atoms with Crippen molar-refractivity contribution in [3.63, 3.8) is 0 Å². The van der Waals surface area contributed by atoms with Crippen molar-refractivity contribution < 1.29 is 9.13 Å². The lowest BCUT2D eigenvalue weighted by molar-refractivity contribution is 0.279. The Morgan fingerprint density at radius 2 is 2.00 bits per heavy atom. The van der Waals surface area contributed by atoms with E-state index in [2.05, 4.69) is 24.1 Å². The Labute approximate surface area is 127 Å². The number of hydrogen-bond acceptors (Lipinski definition) is 3. The van der Waals surface area contributed by atoms with Crippen LogP contribution >= 0.6 is 0 Å². The standard InChI is InChI=1S/C17H27FN2O/c1-13(12-20-8-4-5-9-20)11-19-14(2)15-6-7-17(21-3)16(18)10-15/h6-7,10,13-14,19H,4-5,8-9,11-12H2,1-3H3. The number of rotatable bonds is 7. The zero-order valence-electron chi connectivity index (χ0n) is 13.4. The number of halogens is 1. The third-order valence-corrected chi connectivity index (χ3v) is 4.22. The first-order valence-corrected chi connectivity index (χ1v) is 7.89. The molecule has 0 radical (unpaired) electrons. The highest BCUT2D eigenvalue weighted by molar-refractivity contribution is 5.30. The minimum absolute atomic E-state index is 0.145. The lowest BCUT2D eigenvalue weighted by atomic mass is 10.1. The first-order chi connectivity index (χ1) is 10.1. The molecule has 0 amide bonds. The first-order valence-electron chi connectivity index (χ1n) is 7.89. The van der Waals surface area contributed by atoms with Crippen molar-refractivity contribution in [3.8, 4) is 5.75 Å². The fourth-order valence-corrected chi connectivity index (χ4v) is 2.92. The number of nitrogens with zero attached hydrogens (tertiary/aromatic N) is 1. The highest BCUT2D eigenvalue weighted by Crippen LogP contribution is 2.21. The number of benzene rings is 1. The SMILES string of the molecule is COc1ccc(C(C)NCC(C)CN2CCCC2)cc1F. The van der Waals surface area contributed by atoms with Crippen LogP contribution in [-0.4, -0.2) is 38.2 Å². The highest BCUT2D eigenvalue weighted by atomic mass is 19.1. The second-order valence-corrected chi connectivity index (χ2v) is 6.14. The van der Waals surface area contributed by atoms with Gasteiger partial charge < -0.3 is 15.0 Å². The van der Waals surface area contributed by atoms with Crippen molar-refractivity contribution in [1.82, 2.24) is 10.2 Å². The van der Waals surface area contributed by atoms with E-state index in [1.165, 1.54) is 33.0 Å². The molecule has 1 N–H and O–H groups in total. The molecular weight excluding hydrogens is 267 g/mol. The highest BCUT2D eigenvalue weighted by Gasteiger charge is 2.15. The largest absolute Gasteiger partial charge is 0.494 e. The average Bonchev–Trinajstić information content (AvgIpc) is 2.97. The van der Waals surface area contributed by atoms with E-state index in [1.807, 2.05) is 6.07 Å². The van der Waals surface area contributed by atoms with Crippen molar-refractivity contribution in [2.24, 2.45) is 5.92 Å². The Morgan fingerprint density at radius 3 is 2.62 bits per heavy atom. The minimum atomic E-state index is -0.297. The average molecular weight is 294 g/mol. The van der Waals surface area contributed by atoms with Crippen LogP contribution in [0, 0.1) is 11.7 Å². The van der Waals surface area contributed by atoms with Gasteiger partial charge in [-0.15, -0.1) is 0 Å². The van der Waals surface area contributed by atoms with Gasteiger partial charge in [0.15, 0.2) is 11.6 Å². The maximum absolute atomic E-state index is 13.7. The van der Waals surface area contributed by atoms with Crippen LogP contribution < -0.4 is 10.1 Å². The van der Waals surface area contributed by atoms with Crippen molar-refractivity contribution >= 4 is 0 Å². The Hall–Kier alpha value is -1.13. The van der Waals surface area contributed by atoms with Crippen LogP contribution in [-0.2, 0) is 0 Å². The van der Waals surface area contributed by atoms with Gasteiger partial charge in [0.05, 0.1) is 7.11 Å². The van der Waals surface area contributed by atoms with Crippen molar-refractivity contribution in [3.05, 3.63) is 29.6 Å². The maximum Gasteiger partial charge on any atom is 0.165 e. The molecule has 0 spiro atoms. The lowest BCUT2D eigenvalue weighted by Crippen LogP contribution is -2.32. The first kappa shape index (κ1) is 16.2. The Balaban J connectivity index is 1.80. The zero-order chi connectivity index (χ0) is 15.2. The summed E-state index contributed by atoms with van der Waals surface area (Å²) in [5.74, 6) is 0.607. The van der Waals surface area contributed by atoms with Crippen LogP contribution in [0.3, 0.4) is 0 Å². The predicted octanol–water partition coefficient (Wildman–Crippen LogP) is 3.22. The van der Waals surface area contributed by atoms with Gasteiger partial charge in [-0.1, -0.05) is 13.0 Å². The van der Waals surface area contributed by atoms with Crippen LogP contribution in [0.2, 0.25) is 0 Å². The van der Waals surface area contributed by atoms with Gasteiger partial charge in [0.25, 0.3) is 0 Å². The van der Waals surface area contributed by atoms with E-state index in [1.54, 1.807) is 12.1 Å². The van der Waals surface area contributed by atoms with Crippen molar-refractivity contribution in [2.75, 3.05) is 33.3 Å². The second-order valence-electron chi connectivity index (χ2n) is 6.14. The number of hydrogen-bond donors (Lipinski definition) is 1. The second kappa shape index (κ2) is 7.76. The van der Waals surface area contributed by atoms with E-state index in [0.29, 0.717) is 11.7 Å². The molecule has 0 aliphatic carbocycles. The summed E-state index contributed by atoms with van der Waals surface area (Å²) in [6.07, 6.45) is 2.67. The fraction of sp³-hybridized carbons (Fsp3) is 0.647. The number of ether oxygens (including phenoxy) is 1. The molecule has 2 unspecified atom stereocenters. The molecule has 1 heterocycles. The van der Waals surface area contributed by atoms with E-state index in [-0.39, 0.29) is 11.9 Å². The molecule has 21 heavy (non-hydrogen) atoms. The Bertz CT molecular complexity index is 446. The van der Waals surface area contributed by atoms with Crippen LogP contribution in [0.5, 0.6) is 5.75 Å². The van der Waals surface area contributed by atoms with Gasteiger partial charge in [-0.3, -0.25) is 0 Å². The number of nitrogens with one attached hydrogen (secondary N) is 1. The summed E-state index contributed by atoms with van der Waals surface area (Å²) < 4.78 is 18.7. The Kier molecular flexibility index (Phi) is 6.00. The third kappa shape index (κ3) is 4.68. The molecule has 118 valence electrons. The smallest absolute Gasteiger partial charge is 0.165 e. The summed E-state index contributed by atoms with van der Waals surface area (Å²) in [5, 5.41) is 3.50. The van der Waals surface area contributed by atoms with E-state index < -0.39 is 0 Å². The van der Waals surface area contributed by atoms with Crippen molar-refractivity contribution in [2.45, 2.75) is 32.7 Å². The molecule has 0 bridgehead atoms. The quantitative estimate of drug-likeness (QED) is 0.835. The molecule has 1 aliphatic heterocycles. The minimum Gasteiger partial charge on any atom is -0.494 e. The van der Waals surface area contributed by atoms with E-state index in [4.69, 9.17) is 4.74 Å². The molecule has 1 aliphatic rings. The number of methoxy groups -OCH3 is 1. The maximum atomic E-state index is 13.7. The lowest BCUT2D eigenvalue weighted by Gasteiger charge is -2.22. The normalized spacial score (nSPS) is 18.7. The monoisotopic (exact) mass is 294 g/mol. The van der Waals surface area contributed by atoms with Crippen molar-refractivity contribution in [1.29, 1.82) is 0 Å². The summed E-state index contributed by atoms with van der Waals surface area (Å²) >= 11 is 0. The van der Waals surface area contributed by atoms with Gasteiger partial charge in [0.2, 0.25) is 0 Å².